The molecule has 4 nitrogen and oxygen atoms in total. The van der Waals surface area contributed by atoms with Gasteiger partial charge in [0.25, 0.3) is 0 Å². The van der Waals surface area contributed by atoms with Crippen molar-refractivity contribution >= 4 is 23.2 Å². The molecule has 0 saturated carbocycles. The Hall–Kier alpha value is -1.10. The summed E-state index contributed by atoms with van der Waals surface area (Å²) in [5.74, 6) is 0.126. The second kappa shape index (κ2) is 5.72. The first-order valence-electron chi connectivity index (χ1n) is 7.14. The maximum absolute atomic E-state index is 12.6. The molecule has 2 unspecified atom stereocenters. The summed E-state index contributed by atoms with van der Waals surface area (Å²) >= 11 is 5.99. The highest BCUT2D eigenvalue weighted by Crippen LogP contribution is 2.27. The van der Waals surface area contributed by atoms with Crippen LogP contribution in [0.2, 0.25) is 5.02 Å². The van der Waals surface area contributed by atoms with E-state index >= 15 is 0 Å². The number of aliphatic hydroxyl groups excluding tert-OH is 1. The first-order chi connectivity index (χ1) is 9.65. The molecule has 2 fully saturated rings. The third kappa shape index (κ3) is 2.68. The number of halogens is 1. The van der Waals surface area contributed by atoms with Crippen LogP contribution in [0.3, 0.4) is 0 Å². The third-order valence-electron chi connectivity index (χ3n) is 4.17. The molecule has 2 saturated heterocycles. The predicted molar refractivity (Wildman–Crippen MR) is 79.0 cm³/mol. The lowest BCUT2D eigenvalue weighted by Crippen LogP contribution is -2.48. The lowest BCUT2D eigenvalue weighted by atomic mass is 10.1. The molecule has 2 aliphatic heterocycles. The van der Waals surface area contributed by atoms with Crippen molar-refractivity contribution in [1.29, 1.82) is 0 Å². The van der Waals surface area contributed by atoms with Gasteiger partial charge in [0.15, 0.2) is 0 Å². The minimum Gasteiger partial charge on any atom is -0.392 e. The quantitative estimate of drug-likeness (QED) is 0.906. The van der Waals surface area contributed by atoms with Gasteiger partial charge in [0, 0.05) is 23.8 Å². The zero-order valence-corrected chi connectivity index (χ0v) is 12.1. The van der Waals surface area contributed by atoms with Crippen LogP contribution in [0.25, 0.3) is 0 Å². The summed E-state index contributed by atoms with van der Waals surface area (Å²) in [4.78, 5) is 16.5. The third-order valence-corrected chi connectivity index (χ3v) is 4.40. The Kier molecular flexibility index (Phi) is 3.96. The van der Waals surface area contributed by atoms with Crippen LogP contribution in [0.1, 0.15) is 19.3 Å². The molecule has 0 aliphatic carbocycles. The molecule has 1 aromatic carbocycles. The number of carbonyl (C=O) groups is 1. The number of hydrogen-bond donors (Lipinski definition) is 1. The fourth-order valence-electron chi connectivity index (χ4n) is 3.17. The fourth-order valence-corrected chi connectivity index (χ4v) is 3.35. The van der Waals surface area contributed by atoms with Crippen LogP contribution in [0.15, 0.2) is 24.3 Å². The van der Waals surface area contributed by atoms with E-state index < -0.39 is 0 Å². The van der Waals surface area contributed by atoms with Crippen molar-refractivity contribution in [3.63, 3.8) is 0 Å². The molecule has 0 radical (unpaired) electrons. The van der Waals surface area contributed by atoms with Crippen molar-refractivity contribution < 1.29 is 9.90 Å². The summed E-state index contributed by atoms with van der Waals surface area (Å²) < 4.78 is 0. The van der Waals surface area contributed by atoms with Gasteiger partial charge in [-0.2, -0.15) is 0 Å². The van der Waals surface area contributed by atoms with Crippen LogP contribution in [0.5, 0.6) is 0 Å². The van der Waals surface area contributed by atoms with Crippen LogP contribution >= 0.6 is 11.6 Å². The van der Waals surface area contributed by atoms with Crippen molar-refractivity contribution in [2.24, 2.45) is 0 Å². The number of amides is 1. The van der Waals surface area contributed by atoms with E-state index in [1.165, 1.54) is 0 Å². The summed E-state index contributed by atoms with van der Waals surface area (Å²) in [5, 5.41) is 10.4. The number of carbonyl (C=O) groups excluding carboxylic acids is 1. The highest BCUT2D eigenvalue weighted by molar-refractivity contribution is 6.30. The van der Waals surface area contributed by atoms with Gasteiger partial charge in [0.1, 0.15) is 0 Å². The van der Waals surface area contributed by atoms with E-state index in [0.717, 1.165) is 38.0 Å². The molecule has 0 bridgehead atoms. The first-order valence-corrected chi connectivity index (χ1v) is 7.52. The van der Waals surface area contributed by atoms with Gasteiger partial charge < -0.3 is 10.0 Å². The molecule has 1 amide bonds. The van der Waals surface area contributed by atoms with E-state index in [9.17, 15) is 9.90 Å². The van der Waals surface area contributed by atoms with Gasteiger partial charge in [-0.25, -0.2) is 0 Å². The smallest absolute Gasteiger partial charge is 0.244 e. The van der Waals surface area contributed by atoms with Gasteiger partial charge in [-0.05, 0) is 44.0 Å². The monoisotopic (exact) mass is 294 g/mol. The summed E-state index contributed by atoms with van der Waals surface area (Å²) in [6.07, 6.45) is 2.33. The SMILES string of the molecule is O=C1C(N2CCCC(O)C2)CCN1c1cccc(Cl)c1. The molecular formula is C15H19ClN2O2. The number of hydrogen-bond acceptors (Lipinski definition) is 3. The van der Waals surface area contributed by atoms with E-state index in [-0.39, 0.29) is 18.1 Å². The number of β-amino-alcohol motifs (C(OH)–C–C–N with tert-alkyl or cyclic N) is 1. The number of nitrogens with zero attached hydrogens (tertiary/aromatic N) is 2. The molecule has 108 valence electrons. The zero-order valence-electron chi connectivity index (χ0n) is 11.3. The molecule has 0 spiro atoms. The molecule has 2 heterocycles. The molecule has 3 rings (SSSR count). The molecule has 0 aromatic heterocycles. The summed E-state index contributed by atoms with van der Waals surface area (Å²) in [6.45, 7) is 2.23. The minimum atomic E-state index is -0.295. The Balaban J connectivity index is 1.74. The number of anilines is 1. The van der Waals surface area contributed by atoms with Crippen molar-refractivity contribution in [3.8, 4) is 0 Å². The molecule has 1 N–H and O–H groups in total. The summed E-state index contributed by atoms with van der Waals surface area (Å²) in [5.41, 5.74) is 0.863. The van der Waals surface area contributed by atoms with E-state index in [1.54, 1.807) is 4.90 Å². The van der Waals surface area contributed by atoms with Crippen molar-refractivity contribution in [1.82, 2.24) is 4.90 Å². The number of rotatable bonds is 2. The molecule has 5 heteroatoms. The van der Waals surface area contributed by atoms with Crippen LogP contribution in [-0.2, 0) is 4.79 Å². The van der Waals surface area contributed by atoms with Crippen molar-refractivity contribution in [3.05, 3.63) is 29.3 Å². The van der Waals surface area contributed by atoms with E-state index in [1.807, 2.05) is 24.3 Å². The van der Waals surface area contributed by atoms with Gasteiger partial charge in [0.2, 0.25) is 5.91 Å². The maximum Gasteiger partial charge on any atom is 0.244 e. The fraction of sp³-hybridized carbons (Fsp3) is 0.533. The lowest BCUT2D eigenvalue weighted by Gasteiger charge is -2.33. The van der Waals surface area contributed by atoms with E-state index in [2.05, 4.69) is 4.90 Å². The largest absolute Gasteiger partial charge is 0.392 e. The first kappa shape index (κ1) is 13.9. The predicted octanol–water partition coefficient (Wildman–Crippen LogP) is 1.90. The number of piperidine rings is 1. The maximum atomic E-state index is 12.6. The highest BCUT2D eigenvalue weighted by atomic mass is 35.5. The molecular weight excluding hydrogens is 276 g/mol. The van der Waals surface area contributed by atoms with Crippen molar-refractivity contribution in [2.45, 2.75) is 31.4 Å². The van der Waals surface area contributed by atoms with Crippen LogP contribution in [0, 0.1) is 0 Å². The molecule has 2 atom stereocenters. The Labute approximate surface area is 123 Å². The minimum absolute atomic E-state index is 0.0936. The van der Waals surface area contributed by atoms with Crippen LogP contribution < -0.4 is 4.90 Å². The highest BCUT2D eigenvalue weighted by Gasteiger charge is 2.38. The van der Waals surface area contributed by atoms with E-state index in [4.69, 9.17) is 11.6 Å². The van der Waals surface area contributed by atoms with Gasteiger partial charge in [0.05, 0.1) is 12.1 Å². The average Bonchev–Trinajstić information content (AvgIpc) is 2.80. The molecule has 2 aliphatic rings. The Morgan fingerprint density at radius 2 is 2.10 bits per heavy atom. The topological polar surface area (TPSA) is 43.8 Å². The van der Waals surface area contributed by atoms with Gasteiger partial charge in [-0.1, -0.05) is 17.7 Å². The van der Waals surface area contributed by atoms with Gasteiger partial charge >= 0.3 is 0 Å². The zero-order chi connectivity index (χ0) is 14.1. The second-order valence-corrected chi connectivity index (χ2v) is 6.00. The summed E-state index contributed by atoms with van der Waals surface area (Å²) in [6, 6.07) is 7.32. The molecule has 20 heavy (non-hydrogen) atoms. The average molecular weight is 295 g/mol. The molecule has 1 aromatic rings. The Bertz CT molecular complexity index is 508. The normalized spacial score (nSPS) is 28.1. The Morgan fingerprint density at radius 1 is 1.25 bits per heavy atom. The van der Waals surface area contributed by atoms with Gasteiger partial charge in [-0.15, -0.1) is 0 Å². The summed E-state index contributed by atoms with van der Waals surface area (Å²) in [7, 11) is 0. The Morgan fingerprint density at radius 3 is 2.85 bits per heavy atom. The lowest BCUT2D eigenvalue weighted by molar-refractivity contribution is -0.122. The van der Waals surface area contributed by atoms with E-state index in [0.29, 0.717) is 11.6 Å². The van der Waals surface area contributed by atoms with Crippen LogP contribution in [0.4, 0.5) is 5.69 Å². The number of aliphatic hydroxyl groups is 1. The van der Waals surface area contributed by atoms with Crippen LogP contribution in [-0.4, -0.2) is 47.7 Å². The standard InChI is InChI=1S/C15H19ClN2O2/c16-11-3-1-4-12(9-11)18-8-6-14(15(18)20)17-7-2-5-13(19)10-17/h1,3-4,9,13-14,19H,2,5-8,10H2. The van der Waals surface area contributed by atoms with Crippen molar-refractivity contribution in [2.75, 3.05) is 24.5 Å². The number of benzene rings is 1. The second-order valence-electron chi connectivity index (χ2n) is 5.57. The van der Waals surface area contributed by atoms with Gasteiger partial charge in [-0.3, -0.25) is 9.69 Å². The number of likely N-dealkylation sites (tertiary alicyclic amines) is 1.